The van der Waals surface area contributed by atoms with Gasteiger partial charge in [0, 0.05) is 16.0 Å². The van der Waals surface area contributed by atoms with Gasteiger partial charge in [-0.1, -0.05) is 11.6 Å². The number of benzene rings is 1. The van der Waals surface area contributed by atoms with Crippen LogP contribution in [0.2, 0.25) is 5.02 Å². The maximum Gasteiger partial charge on any atom is 0.275 e. The number of nitrogens with zero attached hydrogens (tertiary/aromatic N) is 1. The van der Waals surface area contributed by atoms with Crippen molar-refractivity contribution in [1.82, 2.24) is 10.2 Å². The Morgan fingerprint density at radius 1 is 1.25 bits per heavy atom. The molecule has 0 spiro atoms. The van der Waals surface area contributed by atoms with Crippen LogP contribution >= 0.6 is 23.4 Å². The van der Waals surface area contributed by atoms with E-state index in [1.54, 1.807) is 0 Å². The predicted molar refractivity (Wildman–Crippen MR) is 97.6 cm³/mol. The lowest BCUT2D eigenvalue weighted by Gasteiger charge is -2.32. The zero-order valence-electron chi connectivity index (χ0n) is 14.2. The highest BCUT2D eigenvalue weighted by atomic mass is 35.5. The number of hydrogen-bond donors (Lipinski definition) is 2. The summed E-state index contributed by atoms with van der Waals surface area (Å²) in [6.07, 6.45) is 0. The Hall–Kier alpha value is -1.24. The van der Waals surface area contributed by atoms with Gasteiger partial charge in [0.1, 0.15) is 0 Å². The first-order valence-electron chi connectivity index (χ1n) is 8.23. The van der Waals surface area contributed by atoms with Crippen molar-refractivity contribution in [2.75, 3.05) is 38.5 Å². The monoisotopic (exact) mass is 370 g/mol. The van der Waals surface area contributed by atoms with Crippen LogP contribution in [-0.2, 0) is 9.59 Å². The number of nitrogens with one attached hydrogen (secondary N) is 2. The van der Waals surface area contributed by atoms with Gasteiger partial charge in [0.2, 0.25) is 5.91 Å². The minimum absolute atomic E-state index is 0.0815. The van der Waals surface area contributed by atoms with Crippen LogP contribution in [0.25, 0.3) is 0 Å². The molecule has 1 aromatic carbocycles. The van der Waals surface area contributed by atoms with Gasteiger partial charge >= 0.3 is 0 Å². The molecule has 0 unspecified atom stereocenters. The number of quaternary nitrogens is 1. The molecule has 5 nitrogen and oxygen atoms in total. The molecule has 1 aromatic rings. The summed E-state index contributed by atoms with van der Waals surface area (Å²) in [7, 11) is 0. The maximum atomic E-state index is 12.3. The Kier molecular flexibility index (Phi) is 7.40. The van der Waals surface area contributed by atoms with E-state index >= 15 is 0 Å². The van der Waals surface area contributed by atoms with Crippen LogP contribution in [0.4, 0.5) is 0 Å². The third-order valence-corrected chi connectivity index (χ3v) is 5.11. The maximum absolute atomic E-state index is 12.3. The smallest absolute Gasteiger partial charge is 0.275 e. The van der Waals surface area contributed by atoms with Gasteiger partial charge in [-0.3, -0.25) is 9.59 Å². The summed E-state index contributed by atoms with van der Waals surface area (Å²) in [6, 6.07) is 7.69. The SMILES string of the molecule is CC(C)NC(=O)C[NH+]1CCN(C(=O)CSc2ccc(Cl)cc2)CC1. The predicted octanol–water partition coefficient (Wildman–Crippen LogP) is 0.684. The average molecular weight is 371 g/mol. The Morgan fingerprint density at radius 2 is 1.88 bits per heavy atom. The molecule has 1 fully saturated rings. The van der Waals surface area contributed by atoms with Crippen molar-refractivity contribution >= 4 is 35.2 Å². The van der Waals surface area contributed by atoms with Crippen LogP contribution in [0.15, 0.2) is 29.2 Å². The third kappa shape index (κ3) is 6.34. The Labute approximate surface area is 152 Å². The standard InChI is InChI=1S/C17H24ClN3O2S/c1-13(2)19-16(22)11-20-7-9-21(10-8-20)17(23)12-24-15-5-3-14(18)4-6-15/h3-6,13H,7-12H2,1-2H3,(H,19,22)/p+1. The number of halogens is 1. The van der Waals surface area contributed by atoms with E-state index in [0.717, 1.165) is 18.0 Å². The molecule has 7 heteroatoms. The fourth-order valence-corrected chi connectivity index (χ4v) is 3.54. The molecule has 0 radical (unpaired) electrons. The number of carbonyl (C=O) groups is 2. The van der Waals surface area contributed by atoms with Gasteiger partial charge in [0.05, 0.1) is 31.9 Å². The topological polar surface area (TPSA) is 53.9 Å². The van der Waals surface area contributed by atoms with Crippen molar-refractivity contribution < 1.29 is 14.5 Å². The molecule has 1 heterocycles. The van der Waals surface area contributed by atoms with Crippen molar-refractivity contribution in [2.45, 2.75) is 24.8 Å². The first-order chi connectivity index (χ1) is 11.4. The van der Waals surface area contributed by atoms with E-state index < -0.39 is 0 Å². The average Bonchev–Trinajstić information content (AvgIpc) is 2.54. The first kappa shape index (κ1) is 19.1. The largest absolute Gasteiger partial charge is 0.349 e. The number of thioether (sulfide) groups is 1. The van der Waals surface area contributed by atoms with E-state index in [-0.39, 0.29) is 17.9 Å². The van der Waals surface area contributed by atoms with Crippen LogP contribution in [0, 0.1) is 0 Å². The van der Waals surface area contributed by atoms with Crippen molar-refractivity contribution in [3.63, 3.8) is 0 Å². The second kappa shape index (κ2) is 9.30. The molecule has 0 aliphatic carbocycles. The zero-order valence-corrected chi connectivity index (χ0v) is 15.8. The zero-order chi connectivity index (χ0) is 17.5. The summed E-state index contributed by atoms with van der Waals surface area (Å²) in [5.41, 5.74) is 0. The van der Waals surface area contributed by atoms with E-state index in [1.807, 2.05) is 43.0 Å². The van der Waals surface area contributed by atoms with E-state index in [4.69, 9.17) is 11.6 Å². The fourth-order valence-electron chi connectivity index (χ4n) is 2.62. The Bertz CT molecular complexity index is 557. The molecule has 1 aliphatic heterocycles. The van der Waals surface area contributed by atoms with Gasteiger partial charge in [-0.15, -0.1) is 11.8 Å². The molecule has 2 N–H and O–H groups in total. The van der Waals surface area contributed by atoms with E-state index in [2.05, 4.69) is 5.32 Å². The van der Waals surface area contributed by atoms with Crippen LogP contribution < -0.4 is 10.2 Å². The molecule has 132 valence electrons. The van der Waals surface area contributed by atoms with Crippen LogP contribution in [0.1, 0.15) is 13.8 Å². The summed E-state index contributed by atoms with van der Waals surface area (Å²) in [5, 5.41) is 3.61. The molecule has 2 rings (SSSR count). The quantitative estimate of drug-likeness (QED) is 0.724. The lowest BCUT2D eigenvalue weighted by Crippen LogP contribution is -3.16. The van der Waals surface area contributed by atoms with Gasteiger partial charge in [-0.2, -0.15) is 0 Å². The van der Waals surface area contributed by atoms with E-state index in [1.165, 1.54) is 16.7 Å². The highest BCUT2D eigenvalue weighted by Gasteiger charge is 2.25. The molecule has 0 aromatic heterocycles. The normalized spacial score (nSPS) is 15.6. The highest BCUT2D eigenvalue weighted by molar-refractivity contribution is 8.00. The second-order valence-corrected chi connectivity index (χ2v) is 7.76. The van der Waals surface area contributed by atoms with Crippen LogP contribution in [-0.4, -0.2) is 61.2 Å². The molecule has 1 saturated heterocycles. The number of piperazine rings is 1. The minimum Gasteiger partial charge on any atom is -0.349 e. The Balaban J connectivity index is 1.70. The lowest BCUT2D eigenvalue weighted by atomic mass is 10.3. The van der Waals surface area contributed by atoms with Crippen molar-refractivity contribution in [3.05, 3.63) is 29.3 Å². The van der Waals surface area contributed by atoms with E-state index in [0.29, 0.717) is 30.4 Å². The van der Waals surface area contributed by atoms with Gasteiger partial charge in [0.25, 0.3) is 5.91 Å². The number of rotatable bonds is 6. The van der Waals surface area contributed by atoms with Gasteiger partial charge < -0.3 is 15.1 Å². The summed E-state index contributed by atoms with van der Waals surface area (Å²) < 4.78 is 0. The number of amides is 2. The van der Waals surface area contributed by atoms with Crippen molar-refractivity contribution in [3.8, 4) is 0 Å². The van der Waals surface area contributed by atoms with Crippen molar-refractivity contribution in [1.29, 1.82) is 0 Å². The van der Waals surface area contributed by atoms with Gasteiger partial charge in [-0.05, 0) is 38.1 Å². The molecule has 24 heavy (non-hydrogen) atoms. The molecule has 2 amide bonds. The summed E-state index contributed by atoms with van der Waals surface area (Å²) in [6.45, 7) is 7.48. The fraction of sp³-hybridized carbons (Fsp3) is 0.529. The van der Waals surface area contributed by atoms with Crippen molar-refractivity contribution in [2.24, 2.45) is 0 Å². The minimum atomic E-state index is 0.0815. The summed E-state index contributed by atoms with van der Waals surface area (Å²) >= 11 is 7.39. The lowest BCUT2D eigenvalue weighted by molar-refractivity contribution is -0.896. The van der Waals surface area contributed by atoms with Crippen LogP contribution in [0.5, 0.6) is 0 Å². The summed E-state index contributed by atoms with van der Waals surface area (Å²) in [5.74, 6) is 0.670. The first-order valence-corrected chi connectivity index (χ1v) is 9.59. The van der Waals surface area contributed by atoms with Gasteiger partial charge in [-0.25, -0.2) is 0 Å². The third-order valence-electron chi connectivity index (χ3n) is 3.86. The van der Waals surface area contributed by atoms with Gasteiger partial charge in [0.15, 0.2) is 6.54 Å². The summed E-state index contributed by atoms with van der Waals surface area (Å²) in [4.78, 5) is 28.3. The highest BCUT2D eigenvalue weighted by Crippen LogP contribution is 2.20. The molecular weight excluding hydrogens is 346 g/mol. The van der Waals surface area contributed by atoms with Crippen LogP contribution in [0.3, 0.4) is 0 Å². The van der Waals surface area contributed by atoms with E-state index in [9.17, 15) is 9.59 Å². The molecule has 0 bridgehead atoms. The molecule has 0 atom stereocenters. The number of carbonyl (C=O) groups excluding carboxylic acids is 2. The molecule has 1 aliphatic rings. The Morgan fingerprint density at radius 3 is 2.46 bits per heavy atom. The number of hydrogen-bond acceptors (Lipinski definition) is 3. The molecular formula is C17H25ClN3O2S+. The second-order valence-electron chi connectivity index (χ2n) is 6.27. The molecule has 0 saturated carbocycles.